The van der Waals surface area contributed by atoms with E-state index in [1.165, 1.54) is 41.1 Å². The van der Waals surface area contributed by atoms with Crippen LogP contribution in [-0.2, 0) is 16.8 Å². The molecule has 0 saturated carbocycles. The summed E-state index contributed by atoms with van der Waals surface area (Å²) in [5.41, 5.74) is -0.678. The minimum absolute atomic E-state index is 0.0364. The van der Waals surface area contributed by atoms with Gasteiger partial charge in [0.1, 0.15) is 18.2 Å². The van der Waals surface area contributed by atoms with E-state index in [9.17, 15) is 18.8 Å². The molecular weight excluding hydrogens is 489 g/mol. The zero-order chi connectivity index (χ0) is 27.5. The van der Waals surface area contributed by atoms with Gasteiger partial charge < -0.3 is 9.73 Å². The monoisotopic (exact) mass is 517 g/mol. The lowest BCUT2D eigenvalue weighted by Gasteiger charge is -2.22. The molecule has 0 atom stereocenters. The van der Waals surface area contributed by atoms with Crippen LogP contribution in [0.15, 0.2) is 76.1 Å². The molecule has 2 aromatic heterocycles. The highest BCUT2D eigenvalue weighted by molar-refractivity contribution is 5.96. The number of benzene rings is 2. The highest BCUT2D eigenvalue weighted by Gasteiger charge is 2.36. The number of nitrogens with zero attached hydrogens (tertiary/aromatic N) is 4. The molecular formula is C28H28FN5O4. The van der Waals surface area contributed by atoms with Crippen molar-refractivity contribution in [3.8, 4) is 11.4 Å². The van der Waals surface area contributed by atoms with Crippen molar-refractivity contribution in [1.29, 1.82) is 0 Å². The van der Waals surface area contributed by atoms with Crippen molar-refractivity contribution in [3.05, 3.63) is 100 Å². The summed E-state index contributed by atoms with van der Waals surface area (Å²) in [6.45, 7) is 6.79. The van der Waals surface area contributed by atoms with Gasteiger partial charge in [-0.1, -0.05) is 44.2 Å². The zero-order valence-electron chi connectivity index (χ0n) is 21.6. The van der Waals surface area contributed by atoms with Gasteiger partial charge in [0.2, 0.25) is 17.6 Å². The summed E-state index contributed by atoms with van der Waals surface area (Å²) in [6, 6.07) is 16.3. The lowest BCUT2D eigenvalue weighted by atomic mass is 9.84. The van der Waals surface area contributed by atoms with Gasteiger partial charge in [-0.3, -0.25) is 19.0 Å². The smallest absolute Gasteiger partial charge is 0.284 e. The van der Waals surface area contributed by atoms with Crippen LogP contribution in [0.2, 0.25) is 0 Å². The Bertz CT molecular complexity index is 1510. The van der Waals surface area contributed by atoms with Crippen LogP contribution in [0.5, 0.6) is 0 Å². The topological polar surface area (TPSA) is 120 Å². The Morgan fingerprint density at radius 3 is 2.34 bits per heavy atom. The Hall–Kier alpha value is -4.47. The van der Waals surface area contributed by atoms with Crippen molar-refractivity contribution in [2.24, 2.45) is 5.41 Å². The number of ketones is 1. The van der Waals surface area contributed by atoms with Crippen molar-refractivity contribution in [2.45, 2.75) is 39.7 Å². The maximum absolute atomic E-state index is 13.3. The second kappa shape index (κ2) is 10.5. The first kappa shape index (κ1) is 26.6. The van der Waals surface area contributed by atoms with Crippen molar-refractivity contribution < 1.29 is 18.4 Å². The van der Waals surface area contributed by atoms with E-state index in [1.807, 2.05) is 44.2 Å². The number of hydrogen-bond acceptors (Lipinski definition) is 7. The van der Waals surface area contributed by atoms with Gasteiger partial charge in [0.15, 0.2) is 0 Å². The highest BCUT2D eigenvalue weighted by Crippen LogP contribution is 2.31. The average molecular weight is 518 g/mol. The fourth-order valence-electron chi connectivity index (χ4n) is 3.85. The number of hydrogen-bond donors (Lipinski definition) is 1. The number of nitrogens with one attached hydrogen (secondary N) is 1. The normalized spacial score (nSPS) is 11.8. The summed E-state index contributed by atoms with van der Waals surface area (Å²) >= 11 is 0. The van der Waals surface area contributed by atoms with E-state index in [0.717, 1.165) is 5.56 Å². The SMILES string of the molecule is CC(C)(CNC(=O)Cn1c(-c2ccc(F)cc2)nccc1=O)C(=O)c1nnc(C(C)(C)c2ccccc2)o1. The third-order valence-electron chi connectivity index (χ3n) is 6.33. The molecule has 0 aliphatic heterocycles. The minimum Gasteiger partial charge on any atom is -0.417 e. The van der Waals surface area contributed by atoms with Crippen LogP contribution >= 0.6 is 0 Å². The quantitative estimate of drug-likeness (QED) is 0.336. The molecule has 2 heterocycles. The third-order valence-corrected chi connectivity index (χ3v) is 6.33. The van der Waals surface area contributed by atoms with Crippen LogP contribution < -0.4 is 10.9 Å². The first-order chi connectivity index (χ1) is 18.0. The molecule has 196 valence electrons. The van der Waals surface area contributed by atoms with Crippen molar-refractivity contribution in [2.75, 3.05) is 6.54 Å². The summed E-state index contributed by atoms with van der Waals surface area (Å²) in [7, 11) is 0. The Morgan fingerprint density at radius 1 is 0.974 bits per heavy atom. The lowest BCUT2D eigenvalue weighted by molar-refractivity contribution is -0.122. The molecule has 4 aromatic rings. The molecule has 0 aliphatic rings. The second-order valence-corrected chi connectivity index (χ2v) is 10.1. The van der Waals surface area contributed by atoms with Gasteiger partial charge in [-0.2, -0.15) is 0 Å². The molecule has 9 nitrogen and oxygen atoms in total. The molecule has 0 spiro atoms. The zero-order valence-corrected chi connectivity index (χ0v) is 21.6. The Morgan fingerprint density at radius 2 is 1.66 bits per heavy atom. The van der Waals surface area contributed by atoms with Crippen molar-refractivity contribution in [1.82, 2.24) is 25.1 Å². The molecule has 2 aromatic carbocycles. The van der Waals surface area contributed by atoms with E-state index >= 15 is 0 Å². The number of carbonyl (C=O) groups excluding carboxylic acids is 2. The fraction of sp³-hybridized carbons (Fsp3) is 0.286. The van der Waals surface area contributed by atoms with Gasteiger partial charge in [-0.05, 0) is 43.7 Å². The van der Waals surface area contributed by atoms with Crippen LogP contribution in [0.4, 0.5) is 4.39 Å². The maximum Gasteiger partial charge on any atom is 0.284 e. The second-order valence-electron chi connectivity index (χ2n) is 10.1. The van der Waals surface area contributed by atoms with E-state index in [4.69, 9.17) is 4.42 Å². The molecule has 0 bridgehead atoms. The molecule has 4 rings (SSSR count). The number of aromatic nitrogens is 4. The lowest BCUT2D eigenvalue weighted by Crippen LogP contribution is -2.41. The van der Waals surface area contributed by atoms with E-state index in [1.54, 1.807) is 13.8 Å². The largest absolute Gasteiger partial charge is 0.417 e. The molecule has 0 saturated heterocycles. The number of Topliss-reactive ketones (excluding diaryl/α,β-unsaturated/α-hetero) is 1. The molecule has 0 aliphatic carbocycles. The van der Waals surface area contributed by atoms with Crippen molar-refractivity contribution >= 4 is 11.7 Å². The summed E-state index contributed by atoms with van der Waals surface area (Å²) in [5, 5.41) is 10.8. The molecule has 1 N–H and O–H groups in total. The van der Waals surface area contributed by atoms with Gasteiger partial charge >= 0.3 is 0 Å². The first-order valence-corrected chi connectivity index (χ1v) is 12.0. The van der Waals surface area contributed by atoms with Gasteiger partial charge in [0, 0.05) is 24.4 Å². The summed E-state index contributed by atoms with van der Waals surface area (Å²) < 4.78 is 20.3. The van der Waals surface area contributed by atoms with Crippen LogP contribution in [-0.4, -0.2) is 38.0 Å². The van der Waals surface area contributed by atoms with E-state index in [0.29, 0.717) is 11.5 Å². The van der Waals surface area contributed by atoms with Crippen molar-refractivity contribution in [3.63, 3.8) is 0 Å². The Kier molecular flexibility index (Phi) is 7.34. The van der Waals surface area contributed by atoms with E-state index in [2.05, 4.69) is 20.5 Å². The average Bonchev–Trinajstić information content (AvgIpc) is 3.40. The fourth-order valence-corrected chi connectivity index (χ4v) is 3.85. The Labute approximate surface area is 218 Å². The van der Waals surface area contributed by atoms with Crippen LogP contribution in [0, 0.1) is 11.2 Å². The molecule has 38 heavy (non-hydrogen) atoms. The summed E-state index contributed by atoms with van der Waals surface area (Å²) in [5.74, 6) is -0.976. The summed E-state index contributed by atoms with van der Waals surface area (Å²) in [4.78, 5) is 42.6. The minimum atomic E-state index is -1.07. The van der Waals surface area contributed by atoms with Gasteiger partial charge in [-0.25, -0.2) is 9.37 Å². The van der Waals surface area contributed by atoms with E-state index in [-0.39, 0.29) is 24.8 Å². The molecule has 0 unspecified atom stereocenters. The van der Waals surface area contributed by atoms with Gasteiger partial charge in [0.25, 0.3) is 11.4 Å². The highest BCUT2D eigenvalue weighted by atomic mass is 19.1. The predicted molar refractivity (Wildman–Crippen MR) is 138 cm³/mol. The third kappa shape index (κ3) is 5.59. The summed E-state index contributed by atoms with van der Waals surface area (Å²) in [6.07, 6.45) is 1.33. The maximum atomic E-state index is 13.3. The van der Waals surface area contributed by atoms with Gasteiger partial charge in [-0.15, -0.1) is 10.2 Å². The number of rotatable bonds is 9. The van der Waals surface area contributed by atoms with Crippen LogP contribution in [0.1, 0.15) is 49.8 Å². The van der Waals surface area contributed by atoms with Gasteiger partial charge in [0.05, 0.1) is 10.8 Å². The Balaban J connectivity index is 1.45. The molecule has 1 amide bonds. The van der Waals surface area contributed by atoms with Crippen LogP contribution in [0.3, 0.4) is 0 Å². The number of amides is 1. The predicted octanol–water partition coefficient (Wildman–Crippen LogP) is 3.78. The molecule has 10 heteroatoms. The van der Waals surface area contributed by atoms with E-state index < -0.39 is 33.9 Å². The number of halogens is 1. The first-order valence-electron chi connectivity index (χ1n) is 12.0. The standard InChI is InChI=1S/C28H28FN5O4/c1-27(2,23(37)25-32-33-26(38-25)28(3,4)19-8-6-5-7-9-19)17-31-21(35)16-34-22(36)14-15-30-24(34)18-10-12-20(29)13-11-18/h5-15H,16-17H2,1-4H3,(H,31,35). The van der Waals surface area contributed by atoms with Crippen LogP contribution in [0.25, 0.3) is 11.4 Å². The molecule has 0 radical (unpaired) electrons. The molecule has 0 fully saturated rings. The number of carbonyl (C=O) groups is 2.